The van der Waals surface area contributed by atoms with Gasteiger partial charge in [0, 0.05) is 25.6 Å². The molecule has 4 rings (SSSR count). The first kappa shape index (κ1) is 23.1. The van der Waals surface area contributed by atoms with E-state index in [9.17, 15) is 29.3 Å². The van der Waals surface area contributed by atoms with Crippen LogP contribution in [0.15, 0.2) is 48.5 Å². The van der Waals surface area contributed by atoms with Crippen LogP contribution < -0.4 is 5.32 Å². The Hall–Kier alpha value is -4.08. The highest BCUT2D eigenvalue weighted by atomic mass is 16.6. The number of nitrogens with zero attached hydrogens (tertiary/aromatic N) is 3. The Labute approximate surface area is 195 Å². The molecule has 4 amide bonds. The number of amides is 4. The minimum Gasteiger partial charge on any atom is -0.342 e. The van der Waals surface area contributed by atoms with Crippen LogP contribution in [-0.2, 0) is 16.0 Å². The van der Waals surface area contributed by atoms with E-state index in [0.29, 0.717) is 18.0 Å². The lowest BCUT2D eigenvalue weighted by atomic mass is 10.0. The third-order valence-electron chi connectivity index (χ3n) is 6.20. The Morgan fingerprint density at radius 3 is 2.35 bits per heavy atom. The number of rotatable bonds is 7. The zero-order chi connectivity index (χ0) is 24.4. The second kappa shape index (κ2) is 9.42. The summed E-state index contributed by atoms with van der Waals surface area (Å²) in [6, 6.07) is 10.9. The maximum absolute atomic E-state index is 13.1. The fourth-order valence-electron chi connectivity index (χ4n) is 4.41. The van der Waals surface area contributed by atoms with Gasteiger partial charge in [0.15, 0.2) is 0 Å². The minimum absolute atomic E-state index is 0.118. The molecule has 2 heterocycles. The van der Waals surface area contributed by atoms with Gasteiger partial charge in [0.05, 0.1) is 10.5 Å². The summed E-state index contributed by atoms with van der Waals surface area (Å²) >= 11 is 0. The summed E-state index contributed by atoms with van der Waals surface area (Å²) in [6.45, 7) is 2.58. The van der Waals surface area contributed by atoms with Gasteiger partial charge >= 0.3 is 0 Å². The van der Waals surface area contributed by atoms with Gasteiger partial charge in [-0.25, -0.2) is 0 Å². The quantitative estimate of drug-likeness (QED) is 0.379. The van der Waals surface area contributed by atoms with Crippen molar-refractivity contribution in [1.29, 1.82) is 0 Å². The van der Waals surface area contributed by atoms with Crippen LogP contribution in [0.1, 0.15) is 46.0 Å². The van der Waals surface area contributed by atoms with Gasteiger partial charge in [0.2, 0.25) is 11.8 Å². The predicted octanol–water partition coefficient (Wildman–Crippen LogP) is 1.93. The Balaban J connectivity index is 1.56. The van der Waals surface area contributed by atoms with E-state index >= 15 is 0 Å². The van der Waals surface area contributed by atoms with Gasteiger partial charge < -0.3 is 10.2 Å². The van der Waals surface area contributed by atoms with E-state index in [2.05, 4.69) is 5.32 Å². The second-order valence-corrected chi connectivity index (χ2v) is 8.40. The molecule has 2 aromatic carbocycles. The molecule has 1 fully saturated rings. The van der Waals surface area contributed by atoms with E-state index in [4.69, 9.17) is 0 Å². The number of likely N-dealkylation sites (tertiary alicyclic amines) is 1. The van der Waals surface area contributed by atoms with Crippen LogP contribution in [0.3, 0.4) is 0 Å². The van der Waals surface area contributed by atoms with Crippen LogP contribution in [0.4, 0.5) is 5.69 Å². The number of hydrogen-bond acceptors (Lipinski definition) is 6. The molecule has 0 spiro atoms. The summed E-state index contributed by atoms with van der Waals surface area (Å²) in [5.74, 6) is -2.59. The van der Waals surface area contributed by atoms with E-state index in [1.807, 2.05) is 30.3 Å². The van der Waals surface area contributed by atoms with Crippen molar-refractivity contribution in [3.05, 3.63) is 75.3 Å². The van der Waals surface area contributed by atoms with Crippen molar-refractivity contribution in [3.8, 4) is 0 Å². The molecule has 1 N–H and O–H groups in total. The minimum atomic E-state index is -1.27. The fourth-order valence-corrected chi connectivity index (χ4v) is 4.41. The van der Waals surface area contributed by atoms with Gasteiger partial charge in [0.1, 0.15) is 17.6 Å². The molecule has 2 atom stereocenters. The SMILES string of the molecule is CC(C(=O)NC(Cc1ccccc1)C(=O)N1CCCC1)N1C(=O)c2cccc([N+](=O)[O-])c2C1=O. The van der Waals surface area contributed by atoms with Gasteiger partial charge in [-0.15, -0.1) is 0 Å². The Morgan fingerprint density at radius 2 is 1.71 bits per heavy atom. The number of nitrogens with one attached hydrogen (secondary N) is 1. The summed E-state index contributed by atoms with van der Waals surface area (Å²) in [5.41, 5.74) is -0.0829. The molecule has 0 saturated carbocycles. The highest BCUT2D eigenvalue weighted by molar-refractivity contribution is 6.24. The maximum Gasteiger partial charge on any atom is 0.282 e. The molecule has 34 heavy (non-hydrogen) atoms. The van der Waals surface area contributed by atoms with Crippen LogP contribution in [0.2, 0.25) is 0 Å². The first-order valence-corrected chi connectivity index (χ1v) is 11.1. The molecule has 176 valence electrons. The summed E-state index contributed by atoms with van der Waals surface area (Å²) in [6.07, 6.45) is 2.03. The molecule has 2 aromatic rings. The third-order valence-corrected chi connectivity index (χ3v) is 6.20. The monoisotopic (exact) mass is 464 g/mol. The fraction of sp³-hybridized carbons (Fsp3) is 0.333. The van der Waals surface area contributed by atoms with E-state index < -0.39 is 40.4 Å². The average Bonchev–Trinajstić information content (AvgIpc) is 3.45. The molecular formula is C24H24N4O6. The normalized spacial score (nSPS) is 16.9. The molecule has 2 aliphatic rings. The van der Waals surface area contributed by atoms with Gasteiger partial charge in [-0.05, 0) is 31.4 Å². The number of carbonyl (C=O) groups excluding carboxylic acids is 4. The van der Waals surface area contributed by atoms with Gasteiger partial charge in [-0.3, -0.25) is 34.2 Å². The van der Waals surface area contributed by atoms with Crippen molar-refractivity contribution in [2.45, 2.75) is 38.3 Å². The first-order chi connectivity index (χ1) is 16.3. The van der Waals surface area contributed by atoms with Crippen LogP contribution in [0.25, 0.3) is 0 Å². The lowest BCUT2D eigenvalue weighted by Crippen LogP contribution is -2.55. The van der Waals surface area contributed by atoms with E-state index in [-0.39, 0.29) is 23.5 Å². The Kier molecular flexibility index (Phi) is 6.40. The number of carbonyl (C=O) groups is 4. The molecule has 2 unspecified atom stereocenters. The van der Waals surface area contributed by atoms with Gasteiger partial charge in [-0.2, -0.15) is 0 Å². The molecule has 10 nitrogen and oxygen atoms in total. The molecule has 2 aliphatic heterocycles. The van der Waals surface area contributed by atoms with Gasteiger partial charge in [-0.1, -0.05) is 36.4 Å². The molecular weight excluding hydrogens is 440 g/mol. The Morgan fingerprint density at radius 1 is 1.03 bits per heavy atom. The first-order valence-electron chi connectivity index (χ1n) is 11.1. The van der Waals surface area contributed by atoms with Crippen molar-refractivity contribution < 1.29 is 24.1 Å². The molecule has 1 saturated heterocycles. The smallest absolute Gasteiger partial charge is 0.282 e. The van der Waals surface area contributed by atoms with Crippen molar-refractivity contribution in [2.75, 3.05) is 13.1 Å². The predicted molar refractivity (Wildman–Crippen MR) is 121 cm³/mol. The molecule has 0 bridgehead atoms. The van der Waals surface area contributed by atoms with E-state index in [0.717, 1.165) is 24.5 Å². The van der Waals surface area contributed by atoms with Crippen LogP contribution in [0.5, 0.6) is 0 Å². The number of benzene rings is 2. The van der Waals surface area contributed by atoms with Crippen molar-refractivity contribution in [1.82, 2.24) is 15.1 Å². The van der Waals surface area contributed by atoms with Crippen LogP contribution in [0, 0.1) is 10.1 Å². The van der Waals surface area contributed by atoms with Crippen LogP contribution >= 0.6 is 0 Å². The summed E-state index contributed by atoms with van der Waals surface area (Å²) in [7, 11) is 0. The maximum atomic E-state index is 13.1. The lowest BCUT2D eigenvalue weighted by Gasteiger charge is -2.27. The molecule has 0 aliphatic carbocycles. The summed E-state index contributed by atoms with van der Waals surface area (Å²) < 4.78 is 0. The highest BCUT2D eigenvalue weighted by Crippen LogP contribution is 2.32. The van der Waals surface area contributed by atoms with E-state index in [1.165, 1.54) is 19.1 Å². The van der Waals surface area contributed by atoms with Crippen LogP contribution in [-0.4, -0.2) is 63.5 Å². The number of imide groups is 1. The average molecular weight is 464 g/mol. The summed E-state index contributed by atoms with van der Waals surface area (Å²) in [5, 5.41) is 14.1. The standard InChI is InChI=1S/C24H24N4O6/c1-15(27-22(30)17-10-7-11-19(28(33)34)20(17)24(27)32)21(29)25-18(14-16-8-3-2-4-9-16)23(31)26-12-5-6-13-26/h2-4,7-11,15,18H,5-6,12-14H2,1H3,(H,25,29). The summed E-state index contributed by atoms with van der Waals surface area (Å²) in [4.78, 5) is 65.1. The largest absolute Gasteiger partial charge is 0.342 e. The van der Waals surface area contributed by atoms with E-state index in [1.54, 1.807) is 4.90 Å². The lowest BCUT2D eigenvalue weighted by molar-refractivity contribution is -0.385. The zero-order valence-corrected chi connectivity index (χ0v) is 18.6. The number of fused-ring (bicyclic) bond motifs is 1. The molecule has 0 radical (unpaired) electrons. The van der Waals surface area contributed by atoms with Gasteiger partial charge in [0.25, 0.3) is 17.5 Å². The number of nitro benzene ring substituents is 1. The third kappa shape index (κ3) is 4.26. The molecule has 0 aromatic heterocycles. The Bertz CT molecular complexity index is 1160. The molecule has 10 heteroatoms. The highest BCUT2D eigenvalue weighted by Gasteiger charge is 2.45. The topological polar surface area (TPSA) is 130 Å². The zero-order valence-electron chi connectivity index (χ0n) is 18.6. The van der Waals surface area contributed by atoms with Crippen molar-refractivity contribution in [2.24, 2.45) is 0 Å². The van der Waals surface area contributed by atoms with Crippen molar-refractivity contribution >= 4 is 29.3 Å². The second-order valence-electron chi connectivity index (χ2n) is 8.40. The number of nitro groups is 1. The van der Waals surface area contributed by atoms with Crippen molar-refractivity contribution in [3.63, 3.8) is 0 Å². The number of hydrogen-bond donors (Lipinski definition) is 1.